The number of carbonyl (C=O) groups is 2. The Bertz CT molecular complexity index is 278. The van der Waals surface area contributed by atoms with Crippen LogP contribution in [-0.2, 0) is 4.79 Å². The largest absolute Gasteiger partial charge is 0.481 e. The van der Waals surface area contributed by atoms with E-state index in [0.29, 0.717) is 19.5 Å². The van der Waals surface area contributed by atoms with Gasteiger partial charge in [-0.1, -0.05) is 12.8 Å². The number of urea groups is 1. The number of amides is 2. The van der Waals surface area contributed by atoms with Gasteiger partial charge in [-0.25, -0.2) is 4.79 Å². The van der Waals surface area contributed by atoms with Crippen molar-refractivity contribution in [2.45, 2.75) is 20.3 Å². The zero-order valence-corrected chi connectivity index (χ0v) is 8.96. The summed E-state index contributed by atoms with van der Waals surface area (Å²) in [6.07, 6.45) is 0.419. The number of hydrogen-bond acceptors (Lipinski definition) is 2. The lowest BCUT2D eigenvalue weighted by atomic mass is 10.1. The summed E-state index contributed by atoms with van der Waals surface area (Å²) in [4.78, 5) is 21.5. The van der Waals surface area contributed by atoms with Crippen molar-refractivity contribution in [2.75, 3.05) is 13.1 Å². The lowest BCUT2D eigenvalue weighted by Crippen LogP contribution is -2.37. The van der Waals surface area contributed by atoms with Gasteiger partial charge in [0, 0.05) is 6.54 Å². The molecule has 0 saturated carbocycles. The second-order valence-corrected chi connectivity index (χ2v) is 3.06. The van der Waals surface area contributed by atoms with Crippen LogP contribution in [0, 0.1) is 17.8 Å². The predicted octanol–water partition coefficient (Wildman–Crippen LogP) is 0.420. The van der Waals surface area contributed by atoms with E-state index in [9.17, 15) is 9.59 Å². The van der Waals surface area contributed by atoms with Crippen molar-refractivity contribution >= 4 is 12.0 Å². The molecule has 0 bridgehead atoms. The molecule has 0 fully saturated rings. The summed E-state index contributed by atoms with van der Waals surface area (Å²) in [5, 5.41) is 13.6. The summed E-state index contributed by atoms with van der Waals surface area (Å²) in [5.74, 6) is 4.03. The van der Waals surface area contributed by atoms with Gasteiger partial charge in [-0.3, -0.25) is 4.79 Å². The molecule has 0 aliphatic heterocycles. The second-order valence-electron chi connectivity index (χ2n) is 3.06. The topological polar surface area (TPSA) is 78.4 Å². The van der Waals surface area contributed by atoms with Gasteiger partial charge >= 0.3 is 12.0 Å². The first-order valence-corrected chi connectivity index (χ1v) is 4.72. The lowest BCUT2D eigenvalue weighted by molar-refractivity contribution is -0.141. The van der Waals surface area contributed by atoms with Crippen molar-refractivity contribution in [3.8, 4) is 11.8 Å². The Labute approximate surface area is 89.2 Å². The van der Waals surface area contributed by atoms with Crippen LogP contribution in [0.2, 0.25) is 0 Å². The van der Waals surface area contributed by atoms with Crippen LogP contribution in [0.5, 0.6) is 0 Å². The highest BCUT2D eigenvalue weighted by atomic mass is 16.4. The lowest BCUT2D eigenvalue weighted by Gasteiger charge is -2.07. The number of aliphatic carboxylic acids is 1. The maximum atomic E-state index is 11.0. The molecule has 15 heavy (non-hydrogen) atoms. The summed E-state index contributed by atoms with van der Waals surface area (Å²) in [6, 6.07) is -0.324. The smallest absolute Gasteiger partial charge is 0.315 e. The average molecular weight is 212 g/mol. The fourth-order valence-corrected chi connectivity index (χ4v) is 0.801. The van der Waals surface area contributed by atoms with E-state index in [2.05, 4.69) is 22.5 Å². The van der Waals surface area contributed by atoms with Crippen LogP contribution < -0.4 is 10.6 Å². The SMILES string of the molecule is CC#CCNC(=O)NCCC(C)C(=O)O. The average Bonchev–Trinajstić information content (AvgIpc) is 2.18. The minimum atomic E-state index is -0.853. The van der Waals surface area contributed by atoms with Crippen molar-refractivity contribution in [1.29, 1.82) is 0 Å². The molecule has 1 atom stereocenters. The van der Waals surface area contributed by atoms with Gasteiger partial charge in [0.05, 0.1) is 12.5 Å². The van der Waals surface area contributed by atoms with Gasteiger partial charge in [0.15, 0.2) is 0 Å². The van der Waals surface area contributed by atoms with Gasteiger partial charge in [-0.2, -0.15) is 0 Å². The van der Waals surface area contributed by atoms with E-state index in [-0.39, 0.29) is 6.03 Å². The highest BCUT2D eigenvalue weighted by Crippen LogP contribution is 1.99. The van der Waals surface area contributed by atoms with E-state index in [1.165, 1.54) is 0 Å². The molecule has 1 unspecified atom stereocenters. The monoisotopic (exact) mass is 212 g/mol. The first-order chi connectivity index (χ1) is 7.07. The van der Waals surface area contributed by atoms with E-state index in [1.807, 2.05) is 0 Å². The Balaban J connectivity index is 3.53. The molecule has 0 saturated heterocycles. The molecule has 5 heteroatoms. The molecular weight excluding hydrogens is 196 g/mol. The van der Waals surface area contributed by atoms with Crippen molar-refractivity contribution in [3.63, 3.8) is 0 Å². The number of carbonyl (C=O) groups excluding carboxylic acids is 1. The molecule has 0 radical (unpaired) electrons. The second kappa shape index (κ2) is 7.68. The quantitative estimate of drug-likeness (QED) is 0.578. The van der Waals surface area contributed by atoms with E-state index < -0.39 is 11.9 Å². The Morgan fingerprint density at radius 2 is 2.07 bits per heavy atom. The van der Waals surface area contributed by atoms with Gasteiger partial charge in [0.2, 0.25) is 0 Å². The van der Waals surface area contributed by atoms with Gasteiger partial charge in [0.25, 0.3) is 0 Å². The molecule has 0 spiro atoms. The van der Waals surface area contributed by atoms with E-state index >= 15 is 0 Å². The molecule has 0 aliphatic rings. The normalized spacial score (nSPS) is 10.8. The summed E-state index contributed by atoms with van der Waals surface area (Å²) >= 11 is 0. The summed E-state index contributed by atoms with van der Waals surface area (Å²) in [5.41, 5.74) is 0. The molecule has 3 N–H and O–H groups in total. The number of carboxylic acid groups (broad SMARTS) is 1. The Morgan fingerprint density at radius 1 is 1.40 bits per heavy atom. The van der Waals surface area contributed by atoms with Crippen molar-refractivity contribution in [1.82, 2.24) is 10.6 Å². The molecule has 0 heterocycles. The number of carboxylic acids is 1. The zero-order valence-electron chi connectivity index (χ0n) is 8.96. The number of rotatable bonds is 5. The highest BCUT2D eigenvalue weighted by Gasteiger charge is 2.10. The molecular formula is C10H16N2O3. The van der Waals surface area contributed by atoms with Crippen molar-refractivity contribution < 1.29 is 14.7 Å². The maximum Gasteiger partial charge on any atom is 0.315 e. The van der Waals surface area contributed by atoms with Gasteiger partial charge in [0.1, 0.15) is 0 Å². The first kappa shape index (κ1) is 13.3. The molecule has 84 valence electrons. The molecule has 5 nitrogen and oxygen atoms in total. The van der Waals surface area contributed by atoms with Gasteiger partial charge in [-0.05, 0) is 13.3 Å². The Hall–Kier alpha value is -1.70. The highest BCUT2D eigenvalue weighted by molar-refractivity contribution is 5.74. The van der Waals surface area contributed by atoms with Crippen LogP contribution in [0.25, 0.3) is 0 Å². The standard InChI is InChI=1S/C10H16N2O3/c1-3-4-6-11-10(15)12-7-5-8(2)9(13)14/h8H,5-7H2,1-2H3,(H,13,14)(H2,11,12,15). The third kappa shape index (κ3) is 7.38. The summed E-state index contributed by atoms with van der Waals surface area (Å²) in [6.45, 7) is 3.94. The van der Waals surface area contributed by atoms with Gasteiger partial charge in [-0.15, -0.1) is 5.92 Å². The molecule has 0 aliphatic carbocycles. The van der Waals surface area contributed by atoms with Crippen molar-refractivity contribution in [3.05, 3.63) is 0 Å². The summed E-state index contributed by atoms with van der Waals surface area (Å²) in [7, 11) is 0. The van der Waals surface area contributed by atoms with Crippen LogP contribution in [0.3, 0.4) is 0 Å². The zero-order chi connectivity index (χ0) is 11.7. The van der Waals surface area contributed by atoms with Crippen molar-refractivity contribution in [2.24, 2.45) is 5.92 Å². The summed E-state index contributed by atoms with van der Waals surface area (Å²) < 4.78 is 0. The predicted molar refractivity (Wildman–Crippen MR) is 56.3 cm³/mol. The minimum Gasteiger partial charge on any atom is -0.481 e. The van der Waals surface area contributed by atoms with E-state index in [0.717, 1.165) is 0 Å². The van der Waals surface area contributed by atoms with E-state index in [4.69, 9.17) is 5.11 Å². The van der Waals surface area contributed by atoms with Crippen LogP contribution >= 0.6 is 0 Å². The Kier molecular flexibility index (Phi) is 6.81. The number of hydrogen-bond donors (Lipinski definition) is 3. The third-order valence-corrected chi connectivity index (χ3v) is 1.80. The van der Waals surface area contributed by atoms with Crippen LogP contribution in [-0.4, -0.2) is 30.2 Å². The fraction of sp³-hybridized carbons (Fsp3) is 0.600. The molecule has 2 amide bonds. The Morgan fingerprint density at radius 3 is 2.60 bits per heavy atom. The van der Waals surface area contributed by atoms with Crippen LogP contribution in [0.15, 0.2) is 0 Å². The molecule has 0 rings (SSSR count). The van der Waals surface area contributed by atoms with Gasteiger partial charge < -0.3 is 15.7 Å². The third-order valence-electron chi connectivity index (χ3n) is 1.80. The first-order valence-electron chi connectivity index (χ1n) is 4.72. The van der Waals surface area contributed by atoms with E-state index in [1.54, 1.807) is 13.8 Å². The molecule has 0 aromatic rings. The molecule has 0 aromatic carbocycles. The minimum absolute atomic E-state index is 0.302. The number of nitrogens with one attached hydrogen (secondary N) is 2. The fourth-order valence-electron chi connectivity index (χ4n) is 0.801. The van der Waals surface area contributed by atoms with Crippen LogP contribution in [0.1, 0.15) is 20.3 Å². The molecule has 0 aromatic heterocycles. The van der Waals surface area contributed by atoms with Crippen LogP contribution in [0.4, 0.5) is 4.79 Å². The maximum absolute atomic E-state index is 11.0.